The first-order valence-corrected chi connectivity index (χ1v) is 4.22. The van der Waals surface area contributed by atoms with Crippen LogP contribution in [0.4, 0.5) is 13.2 Å². The zero-order valence-electron chi connectivity index (χ0n) is 8.34. The summed E-state index contributed by atoms with van der Waals surface area (Å²) >= 11 is 0. The molecule has 2 rings (SSSR count). The molecule has 4 heteroatoms. The summed E-state index contributed by atoms with van der Waals surface area (Å²) in [6, 6.07) is 20.0. The Labute approximate surface area is 104 Å². The molecule has 0 saturated heterocycles. The van der Waals surface area contributed by atoms with Gasteiger partial charge in [-0.3, -0.25) is 0 Å². The monoisotopic (exact) mass is 268 g/mol. The van der Waals surface area contributed by atoms with Crippen LogP contribution in [-0.4, -0.2) is 0 Å². The van der Waals surface area contributed by atoms with E-state index in [9.17, 15) is 13.2 Å². The summed E-state index contributed by atoms with van der Waals surface area (Å²) in [6.45, 7) is 0. The van der Waals surface area contributed by atoms with Crippen molar-refractivity contribution in [2.75, 3.05) is 0 Å². The van der Waals surface area contributed by atoms with Crippen LogP contribution in [0.15, 0.2) is 73.1 Å². The van der Waals surface area contributed by atoms with E-state index in [0.717, 1.165) is 0 Å². The van der Waals surface area contributed by atoms with Crippen LogP contribution in [0.2, 0.25) is 0 Å². The van der Waals surface area contributed by atoms with E-state index in [1.807, 2.05) is 60.7 Å². The topological polar surface area (TPSA) is 0 Å². The molecule has 0 bridgehead atoms. The molecule has 16 heavy (non-hydrogen) atoms. The zero-order chi connectivity index (χ0) is 11.4. The van der Waals surface area contributed by atoms with Gasteiger partial charge < -0.3 is 30.3 Å². The Bertz CT molecular complexity index is 247. The van der Waals surface area contributed by atoms with Crippen molar-refractivity contribution in [3.05, 3.63) is 73.1 Å². The second kappa shape index (κ2) is 13.7. The Balaban J connectivity index is 0. The molecule has 0 spiro atoms. The second-order valence-corrected chi connectivity index (χ2v) is 2.32. The molecule has 94 valence electrons. The quantitative estimate of drug-likeness (QED) is 0.487. The first-order valence-electron chi connectivity index (χ1n) is 4.22. The molecule has 0 amide bonds. The van der Waals surface area contributed by atoms with Crippen LogP contribution in [-0.2, 0) is 17.1 Å². The summed E-state index contributed by atoms with van der Waals surface area (Å²) in [4.78, 5) is 0. The Morgan fingerprint density at radius 2 is 1.19 bits per heavy atom. The van der Waals surface area contributed by atoms with Crippen molar-refractivity contribution in [3.8, 4) is 0 Å². The SMILES string of the molecule is FC=C(F)F.[Fe].[cH-]1[cH-][cH-][cH-][cH-]1.c1cc[cH-]c1. The molecule has 0 unspecified atom stereocenters. The molecule has 0 aromatic heterocycles. The van der Waals surface area contributed by atoms with Gasteiger partial charge >= 0.3 is 0 Å². The van der Waals surface area contributed by atoms with Crippen LogP contribution in [0.3, 0.4) is 0 Å². The van der Waals surface area contributed by atoms with Crippen LogP contribution < -0.4 is 0 Å². The number of hydrogen-bond donors (Lipinski definition) is 0. The van der Waals surface area contributed by atoms with E-state index in [1.165, 1.54) is 0 Å². The summed E-state index contributed by atoms with van der Waals surface area (Å²) in [6.07, 6.45) is -3.04. The molecular weight excluding hydrogens is 257 g/mol. The summed E-state index contributed by atoms with van der Waals surface area (Å²) < 4.78 is 30.7. The fourth-order valence-corrected chi connectivity index (χ4v) is 0.642. The molecule has 0 N–H and O–H groups in total. The first kappa shape index (κ1) is 17.2. The normalized spacial score (nSPS) is 7.19. The van der Waals surface area contributed by atoms with Crippen molar-refractivity contribution in [1.29, 1.82) is 0 Å². The minimum atomic E-state index is -2.29. The van der Waals surface area contributed by atoms with Gasteiger partial charge in [0.15, 0.2) is 6.33 Å². The smallest absolute Gasteiger partial charge is 0.298 e. The van der Waals surface area contributed by atoms with Crippen molar-refractivity contribution >= 4 is 0 Å². The van der Waals surface area contributed by atoms with Crippen LogP contribution in [0.1, 0.15) is 0 Å². The van der Waals surface area contributed by atoms with Gasteiger partial charge in [0.05, 0.1) is 0 Å². The van der Waals surface area contributed by atoms with E-state index in [0.29, 0.717) is 0 Å². The maximum absolute atomic E-state index is 10.2. The van der Waals surface area contributed by atoms with E-state index >= 15 is 0 Å². The Kier molecular flexibility index (Phi) is 14.7. The molecule has 0 nitrogen and oxygen atoms in total. The summed E-state index contributed by atoms with van der Waals surface area (Å²) in [5.74, 6) is 0. The average molecular weight is 268 g/mol. The molecule has 0 aliphatic rings. The largest absolute Gasteiger partial charge is 0.748 e. The van der Waals surface area contributed by atoms with Crippen molar-refractivity contribution in [1.82, 2.24) is 0 Å². The Morgan fingerprint density at radius 1 is 0.875 bits per heavy atom. The molecule has 0 saturated carbocycles. The van der Waals surface area contributed by atoms with E-state index in [-0.39, 0.29) is 17.1 Å². The van der Waals surface area contributed by atoms with Gasteiger partial charge in [-0.2, -0.15) is 27.0 Å². The zero-order valence-corrected chi connectivity index (χ0v) is 9.44. The van der Waals surface area contributed by atoms with Crippen molar-refractivity contribution in [3.63, 3.8) is 0 Å². The van der Waals surface area contributed by atoms with Gasteiger partial charge in [0.25, 0.3) is 6.08 Å². The summed E-state index contributed by atoms with van der Waals surface area (Å²) in [7, 11) is 0. The molecule has 0 heterocycles. The number of hydrogen-bond acceptors (Lipinski definition) is 0. The minimum Gasteiger partial charge on any atom is -0.748 e. The van der Waals surface area contributed by atoms with Crippen molar-refractivity contribution < 1.29 is 30.2 Å². The Hall–Kier alpha value is -1.25. The summed E-state index contributed by atoms with van der Waals surface area (Å²) in [5, 5.41) is 0. The van der Waals surface area contributed by atoms with Gasteiger partial charge in [0, 0.05) is 17.1 Å². The Morgan fingerprint density at radius 3 is 1.31 bits per heavy atom. The van der Waals surface area contributed by atoms with Crippen molar-refractivity contribution in [2.45, 2.75) is 0 Å². The molecule has 0 aliphatic heterocycles. The van der Waals surface area contributed by atoms with Crippen molar-refractivity contribution in [2.24, 2.45) is 0 Å². The minimum absolute atomic E-state index is 0. The van der Waals surface area contributed by atoms with Crippen LogP contribution in [0.5, 0.6) is 0 Å². The van der Waals surface area contributed by atoms with E-state index < -0.39 is 12.4 Å². The number of halogens is 3. The van der Waals surface area contributed by atoms with Crippen LogP contribution in [0.25, 0.3) is 0 Å². The fraction of sp³-hybridized carbons (Fsp3) is 0. The predicted molar refractivity (Wildman–Crippen MR) is 55.5 cm³/mol. The second-order valence-electron chi connectivity index (χ2n) is 2.32. The third-order valence-corrected chi connectivity index (χ3v) is 1.19. The average Bonchev–Trinajstić information content (AvgIpc) is 2.96. The maximum atomic E-state index is 10.2. The molecular formula is C12H11F3Fe-6. The van der Waals surface area contributed by atoms with Crippen LogP contribution >= 0.6 is 0 Å². The summed E-state index contributed by atoms with van der Waals surface area (Å²) in [5.41, 5.74) is 0. The fourth-order valence-electron chi connectivity index (χ4n) is 0.642. The predicted octanol–water partition coefficient (Wildman–Crippen LogP) is 4.50. The molecule has 2 aromatic rings. The molecule has 2 aromatic carbocycles. The molecule has 0 radical (unpaired) electrons. The van der Waals surface area contributed by atoms with Gasteiger partial charge in [0.2, 0.25) is 0 Å². The van der Waals surface area contributed by atoms with Crippen LogP contribution in [0, 0.1) is 0 Å². The number of rotatable bonds is 0. The third kappa shape index (κ3) is 15.2. The standard InChI is InChI=1S/2C5H5.C2HF3.Fe/c2*1-2-4-5-3-1;3-1-2(4)5;/h2*1-5H;1H;/q-5;-1;;. The molecule has 0 aliphatic carbocycles. The van der Waals surface area contributed by atoms with Gasteiger partial charge in [0.1, 0.15) is 0 Å². The van der Waals surface area contributed by atoms with Gasteiger partial charge in [-0.1, -0.05) is 0 Å². The van der Waals surface area contributed by atoms with Gasteiger partial charge in [-0.05, 0) is 0 Å². The molecule has 0 fully saturated rings. The van der Waals surface area contributed by atoms with Gasteiger partial charge in [-0.25, -0.2) is 16.5 Å². The first-order chi connectivity index (χ1) is 7.27. The van der Waals surface area contributed by atoms with E-state index in [4.69, 9.17) is 0 Å². The maximum Gasteiger partial charge on any atom is 0.298 e. The third-order valence-electron chi connectivity index (χ3n) is 1.19. The van der Waals surface area contributed by atoms with E-state index in [2.05, 4.69) is 0 Å². The van der Waals surface area contributed by atoms with E-state index in [1.54, 1.807) is 0 Å². The van der Waals surface area contributed by atoms with Gasteiger partial charge in [-0.15, -0.1) is 0 Å². The molecule has 0 atom stereocenters.